The van der Waals surface area contributed by atoms with Crippen molar-refractivity contribution in [2.24, 2.45) is 0 Å². The van der Waals surface area contributed by atoms with E-state index in [1.807, 2.05) is 24.3 Å². The quantitative estimate of drug-likeness (QED) is 0.908. The van der Waals surface area contributed by atoms with Gasteiger partial charge in [-0.2, -0.15) is 0 Å². The van der Waals surface area contributed by atoms with Gasteiger partial charge in [0.1, 0.15) is 17.4 Å². The Morgan fingerprint density at radius 3 is 2.46 bits per heavy atom. The van der Waals surface area contributed by atoms with E-state index in [1.54, 1.807) is 12.0 Å². The van der Waals surface area contributed by atoms with Gasteiger partial charge in [0, 0.05) is 18.3 Å². The summed E-state index contributed by atoms with van der Waals surface area (Å²) < 4.78 is 31.6. The van der Waals surface area contributed by atoms with E-state index in [1.165, 1.54) is 0 Å². The van der Waals surface area contributed by atoms with Crippen molar-refractivity contribution in [3.05, 3.63) is 59.7 Å². The standard InChI is InChI=1S/C18H18F2N2O2/c1-24-16-6-4-12(5-7-16)17-3-2-8-22(17)18(23)21-15-10-13(19)9-14(20)11-15/h4-7,9-11,17H,2-3,8H2,1H3,(H,21,23). The van der Waals surface area contributed by atoms with Crippen LogP contribution in [0.25, 0.3) is 0 Å². The molecule has 0 bridgehead atoms. The van der Waals surface area contributed by atoms with Gasteiger partial charge < -0.3 is 15.0 Å². The summed E-state index contributed by atoms with van der Waals surface area (Å²) in [6.07, 6.45) is 1.72. The summed E-state index contributed by atoms with van der Waals surface area (Å²) in [6.45, 7) is 0.598. The molecule has 1 heterocycles. The van der Waals surface area contributed by atoms with Crippen molar-refractivity contribution >= 4 is 11.7 Å². The van der Waals surface area contributed by atoms with Crippen molar-refractivity contribution in [2.45, 2.75) is 18.9 Å². The van der Waals surface area contributed by atoms with Gasteiger partial charge in [0.05, 0.1) is 13.2 Å². The maximum absolute atomic E-state index is 13.3. The third kappa shape index (κ3) is 3.48. The van der Waals surface area contributed by atoms with E-state index in [0.29, 0.717) is 6.54 Å². The predicted molar refractivity (Wildman–Crippen MR) is 87.1 cm³/mol. The van der Waals surface area contributed by atoms with E-state index in [-0.39, 0.29) is 17.8 Å². The molecule has 24 heavy (non-hydrogen) atoms. The van der Waals surface area contributed by atoms with Gasteiger partial charge >= 0.3 is 6.03 Å². The maximum Gasteiger partial charge on any atom is 0.322 e. The number of hydrogen-bond donors (Lipinski definition) is 1. The van der Waals surface area contributed by atoms with Crippen LogP contribution in [0.5, 0.6) is 5.75 Å². The summed E-state index contributed by atoms with van der Waals surface area (Å²) in [6, 6.07) is 10.1. The second-order valence-electron chi connectivity index (χ2n) is 5.71. The zero-order valence-electron chi connectivity index (χ0n) is 13.3. The first kappa shape index (κ1) is 16.2. The fourth-order valence-electron chi connectivity index (χ4n) is 3.00. The largest absolute Gasteiger partial charge is 0.497 e. The number of urea groups is 1. The van der Waals surface area contributed by atoms with Gasteiger partial charge in [0.2, 0.25) is 0 Å². The van der Waals surface area contributed by atoms with Crippen LogP contribution in [0.1, 0.15) is 24.4 Å². The molecule has 0 aromatic heterocycles. The number of nitrogens with zero attached hydrogens (tertiary/aromatic N) is 1. The lowest BCUT2D eigenvalue weighted by molar-refractivity contribution is 0.207. The Labute approximate surface area is 139 Å². The van der Waals surface area contributed by atoms with Crippen LogP contribution in [0, 0.1) is 11.6 Å². The van der Waals surface area contributed by atoms with E-state index < -0.39 is 11.6 Å². The van der Waals surface area contributed by atoms with Crippen molar-refractivity contribution in [3.63, 3.8) is 0 Å². The third-order valence-corrected chi connectivity index (χ3v) is 4.13. The Morgan fingerprint density at radius 2 is 1.83 bits per heavy atom. The van der Waals surface area contributed by atoms with Crippen LogP contribution in [0.3, 0.4) is 0 Å². The molecule has 1 atom stereocenters. The highest BCUT2D eigenvalue weighted by atomic mass is 19.1. The summed E-state index contributed by atoms with van der Waals surface area (Å²) in [5.74, 6) is -0.695. The van der Waals surface area contributed by atoms with Gasteiger partial charge in [-0.25, -0.2) is 13.6 Å². The summed E-state index contributed by atoms with van der Waals surface area (Å²) in [5.41, 5.74) is 1.12. The Balaban J connectivity index is 1.75. The first-order valence-corrected chi connectivity index (χ1v) is 7.74. The van der Waals surface area contributed by atoms with Crippen LogP contribution >= 0.6 is 0 Å². The maximum atomic E-state index is 13.3. The van der Waals surface area contributed by atoms with E-state index in [4.69, 9.17) is 4.74 Å². The molecule has 4 nitrogen and oxygen atoms in total. The summed E-state index contributed by atoms with van der Waals surface area (Å²) in [7, 11) is 1.60. The van der Waals surface area contributed by atoms with Crippen molar-refractivity contribution < 1.29 is 18.3 Å². The Bertz CT molecular complexity index is 714. The van der Waals surface area contributed by atoms with Crippen molar-refractivity contribution in [3.8, 4) is 5.75 Å². The number of halogens is 2. The van der Waals surface area contributed by atoms with Gasteiger partial charge in [-0.1, -0.05) is 12.1 Å². The number of rotatable bonds is 3. The number of nitrogens with one attached hydrogen (secondary N) is 1. The number of ether oxygens (including phenoxy) is 1. The molecule has 2 aromatic carbocycles. The molecule has 0 saturated carbocycles. The Morgan fingerprint density at radius 1 is 1.17 bits per heavy atom. The lowest BCUT2D eigenvalue weighted by Gasteiger charge is -2.25. The van der Waals surface area contributed by atoms with Crippen LogP contribution in [-0.2, 0) is 0 Å². The molecule has 1 aliphatic rings. The summed E-state index contributed by atoms with van der Waals surface area (Å²) >= 11 is 0. The average molecular weight is 332 g/mol. The number of methoxy groups -OCH3 is 1. The monoisotopic (exact) mass is 332 g/mol. The number of likely N-dealkylation sites (tertiary alicyclic amines) is 1. The van der Waals surface area contributed by atoms with Gasteiger partial charge in [-0.15, -0.1) is 0 Å². The molecular weight excluding hydrogens is 314 g/mol. The highest BCUT2D eigenvalue weighted by Gasteiger charge is 2.30. The minimum absolute atomic E-state index is 0.0608. The third-order valence-electron chi connectivity index (χ3n) is 4.13. The zero-order valence-corrected chi connectivity index (χ0v) is 13.3. The van der Waals surface area contributed by atoms with E-state index in [9.17, 15) is 13.6 Å². The van der Waals surface area contributed by atoms with E-state index in [2.05, 4.69) is 5.32 Å². The molecule has 6 heteroatoms. The minimum Gasteiger partial charge on any atom is -0.497 e. The Hall–Kier alpha value is -2.63. The SMILES string of the molecule is COc1ccc(C2CCCN2C(=O)Nc2cc(F)cc(F)c2)cc1. The molecule has 1 unspecified atom stereocenters. The molecule has 126 valence electrons. The molecule has 1 aliphatic heterocycles. The molecular formula is C18H18F2N2O2. The lowest BCUT2D eigenvalue weighted by atomic mass is 10.0. The summed E-state index contributed by atoms with van der Waals surface area (Å²) in [4.78, 5) is 14.2. The van der Waals surface area contributed by atoms with E-state index >= 15 is 0 Å². The fraction of sp³-hybridized carbons (Fsp3) is 0.278. The van der Waals surface area contributed by atoms with Crippen LogP contribution in [0.15, 0.2) is 42.5 Å². The van der Waals surface area contributed by atoms with E-state index in [0.717, 1.165) is 42.4 Å². The Kier molecular flexibility index (Phi) is 4.64. The second kappa shape index (κ2) is 6.86. The lowest BCUT2D eigenvalue weighted by Crippen LogP contribution is -2.34. The highest BCUT2D eigenvalue weighted by Crippen LogP contribution is 2.33. The fourth-order valence-corrected chi connectivity index (χ4v) is 3.00. The number of amides is 2. The number of carbonyl (C=O) groups excluding carboxylic acids is 1. The first-order chi connectivity index (χ1) is 11.6. The van der Waals surface area contributed by atoms with Crippen LogP contribution < -0.4 is 10.1 Å². The van der Waals surface area contributed by atoms with Crippen LogP contribution in [0.2, 0.25) is 0 Å². The van der Waals surface area contributed by atoms with Gasteiger partial charge in [0.25, 0.3) is 0 Å². The van der Waals surface area contributed by atoms with Crippen LogP contribution in [0.4, 0.5) is 19.3 Å². The first-order valence-electron chi connectivity index (χ1n) is 7.74. The molecule has 0 radical (unpaired) electrons. The van der Waals surface area contributed by atoms with Crippen molar-refractivity contribution in [2.75, 3.05) is 19.0 Å². The number of hydrogen-bond acceptors (Lipinski definition) is 2. The van der Waals surface area contributed by atoms with Crippen molar-refractivity contribution in [1.82, 2.24) is 4.90 Å². The average Bonchev–Trinajstić information content (AvgIpc) is 3.03. The molecule has 2 aromatic rings. The van der Waals surface area contributed by atoms with Gasteiger partial charge in [-0.05, 0) is 42.7 Å². The smallest absolute Gasteiger partial charge is 0.322 e. The van der Waals surface area contributed by atoms with Gasteiger partial charge in [-0.3, -0.25) is 0 Å². The number of anilines is 1. The zero-order chi connectivity index (χ0) is 17.1. The minimum atomic E-state index is -0.724. The molecule has 0 aliphatic carbocycles. The molecule has 1 N–H and O–H groups in total. The van der Waals surface area contributed by atoms with Gasteiger partial charge in [0.15, 0.2) is 0 Å². The molecule has 1 saturated heterocycles. The predicted octanol–water partition coefficient (Wildman–Crippen LogP) is 4.34. The second-order valence-corrected chi connectivity index (χ2v) is 5.71. The topological polar surface area (TPSA) is 41.6 Å². The highest BCUT2D eigenvalue weighted by molar-refractivity contribution is 5.89. The summed E-state index contributed by atoms with van der Waals surface area (Å²) in [5, 5.41) is 2.57. The number of benzene rings is 2. The molecule has 0 spiro atoms. The normalized spacial score (nSPS) is 17.0. The van der Waals surface area contributed by atoms with Crippen LogP contribution in [-0.4, -0.2) is 24.6 Å². The number of carbonyl (C=O) groups is 1. The molecule has 1 fully saturated rings. The molecule has 2 amide bonds. The molecule has 3 rings (SSSR count). The van der Waals surface area contributed by atoms with Crippen molar-refractivity contribution in [1.29, 1.82) is 0 Å².